The van der Waals surface area contributed by atoms with Gasteiger partial charge in [0.05, 0.1) is 6.04 Å². The van der Waals surface area contributed by atoms with Gasteiger partial charge in [-0.05, 0) is 42.3 Å². The molecule has 0 aliphatic heterocycles. The smallest absolute Gasteiger partial charge is 0.227 e. The normalized spacial score (nSPS) is 12.5. The lowest BCUT2D eigenvalue weighted by molar-refractivity contribution is 0.755. The van der Waals surface area contributed by atoms with Crippen LogP contribution in [0.25, 0.3) is 11.2 Å². The third-order valence-electron chi connectivity index (χ3n) is 3.81. The predicted octanol–water partition coefficient (Wildman–Crippen LogP) is 3.67. The average Bonchev–Trinajstić information content (AvgIpc) is 2.84. The SMILES string of the molecule is CCn1c(Br)nc2c(N)nc(NC(C)c3ccc(C)cc3)nc21. The standard InChI is InChI=1S/C16H19BrN6/c1-4-23-14-12(20-15(23)17)13(18)21-16(22-14)19-10(3)11-7-5-9(2)6-8-11/h5-8,10H,4H2,1-3H3,(H3,18,19,21,22). The molecule has 120 valence electrons. The molecule has 3 aromatic rings. The summed E-state index contributed by atoms with van der Waals surface area (Å²) < 4.78 is 2.66. The van der Waals surface area contributed by atoms with Crippen LogP contribution in [0.4, 0.5) is 11.8 Å². The predicted molar refractivity (Wildman–Crippen MR) is 96.3 cm³/mol. The van der Waals surface area contributed by atoms with Gasteiger partial charge in [0.15, 0.2) is 21.7 Å². The minimum Gasteiger partial charge on any atom is -0.382 e. The fourth-order valence-electron chi connectivity index (χ4n) is 2.47. The van der Waals surface area contributed by atoms with Crippen LogP contribution in [0, 0.1) is 6.92 Å². The van der Waals surface area contributed by atoms with E-state index in [0.717, 1.165) is 12.2 Å². The van der Waals surface area contributed by atoms with Crippen LogP contribution in [0.15, 0.2) is 29.0 Å². The Morgan fingerprint density at radius 2 is 1.91 bits per heavy atom. The topological polar surface area (TPSA) is 81.7 Å². The molecule has 0 radical (unpaired) electrons. The molecule has 0 saturated carbocycles. The van der Waals surface area contributed by atoms with E-state index in [9.17, 15) is 0 Å². The Kier molecular flexibility index (Phi) is 4.21. The van der Waals surface area contributed by atoms with E-state index in [4.69, 9.17) is 5.73 Å². The Bertz CT molecular complexity index is 840. The van der Waals surface area contributed by atoms with Crippen molar-refractivity contribution in [3.05, 3.63) is 40.1 Å². The van der Waals surface area contributed by atoms with Gasteiger partial charge in [0.1, 0.15) is 0 Å². The van der Waals surface area contributed by atoms with Crippen molar-refractivity contribution in [1.82, 2.24) is 19.5 Å². The number of fused-ring (bicyclic) bond motifs is 1. The zero-order valence-electron chi connectivity index (χ0n) is 13.3. The van der Waals surface area contributed by atoms with Gasteiger partial charge in [-0.25, -0.2) is 4.98 Å². The van der Waals surface area contributed by atoms with E-state index in [1.165, 1.54) is 11.1 Å². The van der Waals surface area contributed by atoms with Crippen LogP contribution in [0.5, 0.6) is 0 Å². The fourth-order valence-corrected chi connectivity index (χ4v) is 3.07. The second kappa shape index (κ2) is 6.16. The summed E-state index contributed by atoms with van der Waals surface area (Å²) in [5, 5.41) is 3.31. The number of nitrogens with two attached hydrogens (primary N) is 1. The molecular weight excluding hydrogens is 356 g/mol. The second-order valence-electron chi connectivity index (χ2n) is 5.51. The van der Waals surface area contributed by atoms with E-state index in [1.54, 1.807) is 0 Å². The molecule has 3 N–H and O–H groups in total. The molecule has 0 fully saturated rings. The number of aromatic nitrogens is 4. The van der Waals surface area contributed by atoms with E-state index in [-0.39, 0.29) is 6.04 Å². The molecule has 0 aliphatic rings. The zero-order valence-corrected chi connectivity index (χ0v) is 14.9. The van der Waals surface area contributed by atoms with Crippen LogP contribution >= 0.6 is 15.9 Å². The summed E-state index contributed by atoms with van der Waals surface area (Å²) in [5.74, 6) is 0.881. The molecule has 0 spiro atoms. The lowest BCUT2D eigenvalue weighted by Crippen LogP contribution is -2.11. The van der Waals surface area contributed by atoms with E-state index in [0.29, 0.717) is 22.0 Å². The lowest BCUT2D eigenvalue weighted by Gasteiger charge is -2.15. The third kappa shape index (κ3) is 3.01. The molecule has 1 aromatic carbocycles. The molecule has 0 aliphatic carbocycles. The Morgan fingerprint density at radius 1 is 1.22 bits per heavy atom. The van der Waals surface area contributed by atoms with Gasteiger partial charge >= 0.3 is 0 Å². The quantitative estimate of drug-likeness (QED) is 0.680. The Morgan fingerprint density at radius 3 is 2.57 bits per heavy atom. The van der Waals surface area contributed by atoms with Crippen LogP contribution < -0.4 is 11.1 Å². The Labute approximate surface area is 143 Å². The third-order valence-corrected chi connectivity index (χ3v) is 4.42. The van der Waals surface area contributed by atoms with E-state index in [1.807, 2.05) is 11.5 Å². The zero-order chi connectivity index (χ0) is 16.6. The molecule has 0 amide bonds. The van der Waals surface area contributed by atoms with Crippen molar-refractivity contribution < 1.29 is 0 Å². The van der Waals surface area contributed by atoms with Crippen LogP contribution in [0.1, 0.15) is 31.0 Å². The Balaban J connectivity index is 1.95. The highest BCUT2D eigenvalue weighted by Gasteiger charge is 2.15. The molecule has 6 nitrogen and oxygen atoms in total. The number of imidazole rings is 1. The van der Waals surface area contributed by atoms with E-state index >= 15 is 0 Å². The van der Waals surface area contributed by atoms with Crippen LogP contribution in [-0.4, -0.2) is 19.5 Å². The first kappa shape index (κ1) is 15.7. The molecule has 7 heteroatoms. The maximum Gasteiger partial charge on any atom is 0.227 e. The minimum atomic E-state index is 0.0777. The lowest BCUT2D eigenvalue weighted by atomic mass is 10.1. The first-order valence-corrected chi connectivity index (χ1v) is 8.31. The summed E-state index contributed by atoms with van der Waals surface area (Å²) in [5.41, 5.74) is 9.79. The van der Waals surface area contributed by atoms with E-state index in [2.05, 4.69) is 74.3 Å². The largest absolute Gasteiger partial charge is 0.382 e. The number of aryl methyl sites for hydroxylation is 2. The maximum atomic E-state index is 6.04. The van der Waals surface area contributed by atoms with Crippen LogP contribution in [0.2, 0.25) is 0 Å². The van der Waals surface area contributed by atoms with Gasteiger partial charge in [-0.15, -0.1) is 0 Å². The van der Waals surface area contributed by atoms with Crippen LogP contribution in [-0.2, 0) is 6.54 Å². The first-order chi connectivity index (χ1) is 11.0. The van der Waals surface area contributed by atoms with Crippen molar-refractivity contribution >= 4 is 38.9 Å². The monoisotopic (exact) mass is 374 g/mol. The summed E-state index contributed by atoms with van der Waals surface area (Å²) >= 11 is 3.43. The van der Waals surface area contributed by atoms with Crippen molar-refractivity contribution in [3.8, 4) is 0 Å². The van der Waals surface area contributed by atoms with Crippen LogP contribution in [0.3, 0.4) is 0 Å². The molecule has 0 bridgehead atoms. The molecule has 1 unspecified atom stereocenters. The van der Waals surface area contributed by atoms with Crippen molar-refractivity contribution in [2.45, 2.75) is 33.4 Å². The van der Waals surface area contributed by atoms with Crippen molar-refractivity contribution in [2.24, 2.45) is 0 Å². The summed E-state index contributed by atoms with van der Waals surface area (Å²) in [6.07, 6.45) is 0. The molecule has 1 atom stereocenters. The number of nitrogens with one attached hydrogen (secondary N) is 1. The molecule has 23 heavy (non-hydrogen) atoms. The van der Waals surface area contributed by atoms with E-state index < -0.39 is 0 Å². The number of anilines is 2. The number of hydrogen-bond acceptors (Lipinski definition) is 5. The van der Waals surface area contributed by atoms with Crippen molar-refractivity contribution in [3.63, 3.8) is 0 Å². The molecule has 2 aromatic heterocycles. The Hall–Kier alpha value is -2.15. The molecule has 0 saturated heterocycles. The minimum absolute atomic E-state index is 0.0777. The van der Waals surface area contributed by atoms with Gasteiger partial charge < -0.3 is 15.6 Å². The number of benzene rings is 1. The fraction of sp³-hybridized carbons (Fsp3) is 0.312. The number of rotatable bonds is 4. The summed E-state index contributed by atoms with van der Waals surface area (Å²) in [4.78, 5) is 13.3. The van der Waals surface area contributed by atoms with Crippen molar-refractivity contribution in [1.29, 1.82) is 0 Å². The number of hydrogen-bond donors (Lipinski definition) is 2. The maximum absolute atomic E-state index is 6.04. The van der Waals surface area contributed by atoms with Gasteiger partial charge in [0.2, 0.25) is 5.95 Å². The summed E-state index contributed by atoms with van der Waals surface area (Å²) in [6.45, 7) is 6.93. The van der Waals surface area contributed by atoms with Gasteiger partial charge in [0, 0.05) is 6.54 Å². The highest BCUT2D eigenvalue weighted by molar-refractivity contribution is 9.10. The van der Waals surface area contributed by atoms with Gasteiger partial charge in [-0.1, -0.05) is 29.8 Å². The van der Waals surface area contributed by atoms with Gasteiger partial charge in [-0.2, -0.15) is 9.97 Å². The number of halogens is 1. The highest BCUT2D eigenvalue weighted by Crippen LogP contribution is 2.25. The summed E-state index contributed by atoms with van der Waals surface area (Å²) in [7, 11) is 0. The molecule has 2 heterocycles. The molecule has 3 rings (SSSR count). The first-order valence-electron chi connectivity index (χ1n) is 7.52. The van der Waals surface area contributed by atoms with Crippen molar-refractivity contribution in [2.75, 3.05) is 11.1 Å². The van der Waals surface area contributed by atoms with Gasteiger partial charge in [0.25, 0.3) is 0 Å². The number of nitrogen functional groups attached to an aromatic ring is 1. The van der Waals surface area contributed by atoms with Gasteiger partial charge in [-0.3, -0.25) is 0 Å². The molecular formula is C16H19BrN6. The second-order valence-corrected chi connectivity index (χ2v) is 6.22. The highest BCUT2D eigenvalue weighted by atomic mass is 79.9. The summed E-state index contributed by atoms with van der Waals surface area (Å²) in [6, 6.07) is 8.46. The average molecular weight is 375 g/mol. The number of nitrogens with zero attached hydrogens (tertiary/aromatic N) is 4.